The van der Waals surface area contributed by atoms with Gasteiger partial charge >= 0.3 is 0 Å². The molecule has 2 saturated heterocycles. The quantitative estimate of drug-likeness (QED) is 0.253. The van der Waals surface area contributed by atoms with Gasteiger partial charge < -0.3 is 0 Å². The van der Waals surface area contributed by atoms with Crippen molar-refractivity contribution in [3.63, 3.8) is 0 Å². The molecule has 0 aromatic rings. The average Bonchev–Trinajstić information content (AvgIpc) is 2.50. The maximum atomic E-state index is 2.59. The molecule has 140 valence electrons. The van der Waals surface area contributed by atoms with Crippen LogP contribution in [0.5, 0.6) is 0 Å². The van der Waals surface area contributed by atoms with E-state index in [0.717, 1.165) is 0 Å². The number of hydrogen-bond donors (Lipinski definition) is 0. The highest BCUT2D eigenvalue weighted by Gasteiger charge is 2.36. The summed E-state index contributed by atoms with van der Waals surface area (Å²) in [7, 11) is -1.59. The topological polar surface area (TPSA) is 0 Å². The van der Waals surface area contributed by atoms with Crippen LogP contribution in [0.2, 0.25) is 50.4 Å². The second-order valence-corrected chi connectivity index (χ2v) is 22.2. The van der Waals surface area contributed by atoms with Crippen molar-refractivity contribution in [2.45, 2.75) is 116 Å². The summed E-state index contributed by atoms with van der Waals surface area (Å²) in [6.07, 6.45) is 16.5. The molecule has 0 spiro atoms. The van der Waals surface area contributed by atoms with E-state index < -0.39 is 16.1 Å². The maximum Gasteiger partial charge on any atom is 0.0474 e. The highest BCUT2D eigenvalue weighted by molar-refractivity contribution is 6.77. The lowest BCUT2D eigenvalue weighted by Crippen LogP contribution is -2.35. The Hall–Kier alpha value is 0.174. The zero-order valence-electron chi connectivity index (χ0n) is 17.6. The van der Waals surface area contributed by atoms with Gasteiger partial charge in [0.15, 0.2) is 0 Å². The molecule has 0 unspecified atom stereocenters. The molecule has 2 aliphatic rings. The molecule has 2 heteroatoms. The molecular weight excluding hydrogens is 320 g/mol. The van der Waals surface area contributed by atoms with Crippen LogP contribution in [0.4, 0.5) is 0 Å². The Morgan fingerprint density at radius 1 is 0.708 bits per heavy atom. The smallest absolute Gasteiger partial charge is 0.0474 e. The molecular formula is C22H44Si2. The van der Waals surface area contributed by atoms with Gasteiger partial charge in [-0.3, -0.25) is 0 Å². The Bertz CT molecular complexity index is 413. The first-order valence-corrected chi connectivity index (χ1v) is 17.5. The summed E-state index contributed by atoms with van der Waals surface area (Å²) in [4.78, 5) is 0. The van der Waals surface area contributed by atoms with Gasteiger partial charge in [0.2, 0.25) is 0 Å². The van der Waals surface area contributed by atoms with Crippen molar-refractivity contribution in [3.05, 3.63) is 12.2 Å². The number of rotatable bonds is 6. The summed E-state index contributed by atoms with van der Waals surface area (Å²) in [5.41, 5.74) is 1.28. The van der Waals surface area contributed by atoms with E-state index in [1.807, 2.05) is 0 Å². The SMILES string of the molecule is CC1(C/C=C\CCCC2(C)CC[Si](C)(C)CC2)CC[Si](C)(C)CC1. The van der Waals surface area contributed by atoms with Crippen LogP contribution in [0.3, 0.4) is 0 Å². The van der Waals surface area contributed by atoms with Gasteiger partial charge in [-0.05, 0) is 49.4 Å². The van der Waals surface area contributed by atoms with Gasteiger partial charge in [-0.25, -0.2) is 0 Å². The third-order valence-electron chi connectivity index (χ3n) is 7.55. The Morgan fingerprint density at radius 3 is 1.67 bits per heavy atom. The van der Waals surface area contributed by atoms with Gasteiger partial charge in [-0.1, -0.05) is 89.2 Å². The zero-order chi connectivity index (χ0) is 17.9. The first-order chi connectivity index (χ1) is 11.0. The molecule has 0 N–H and O–H groups in total. The van der Waals surface area contributed by atoms with Crippen LogP contribution in [0, 0.1) is 10.8 Å². The Labute approximate surface area is 154 Å². The van der Waals surface area contributed by atoms with Crippen LogP contribution in [0.25, 0.3) is 0 Å². The minimum absolute atomic E-state index is 0.616. The van der Waals surface area contributed by atoms with E-state index in [-0.39, 0.29) is 0 Å². The van der Waals surface area contributed by atoms with Gasteiger partial charge in [0, 0.05) is 16.1 Å². The fourth-order valence-electron chi connectivity index (χ4n) is 4.65. The minimum atomic E-state index is -0.799. The average molecular weight is 365 g/mol. The van der Waals surface area contributed by atoms with Crippen molar-refractivity contribution in [1.82, 2.24) is 0 Å². The predicted molar refractivity (Wildman–Crippen MR) is 116 cm³/mol. The fourth-order valence-corrected chi connectivity index (χ4v) is 10.3. The van der Waals surface area contributed by atoms with Crippen LogP contribution >= 0.6 is 0 Å². The van der Waals surface area contributed by atoms with E-state index in [2.05, 4.69) is 52.2 Å². The van der Waals surface area contributed by atoms with Crippen molar-refractivity contribution in [2.24, 2.45) is 10.8 Å². The molecule has 0 radical (unpaired) electrons. The van der Waals surface area contributed by atoms with Gasteiger partial charge in [0.25, 0.3) is 0 Å². The predicted octanol–water partition coefficient (Wildman–Crippen LogP) is 8.12. The lowest BCUT2D eigenvalue weighted by Gasteiger charge is -2.40. The summed E-state index contributed by atoms with van der Waals surface area (Å²) in [5.74, 6) is 0. The van der Waals surface area contributed by atoms with E-state index >= 15 is 0 Å². The van der Waals surface area contributed by atoms with E-state index in [1.165, 1.54) is 51.4 Å². The van der Waals surface area contributed by atoms with Crippen molar-refractivity contribution < 1.29 is 0 Å². The molecule has 2 heterocycles. The first kappa shape index (κ1) is 20.5. The van der Waals surface area contributed by atoms with E-state index in [1.54, 1.807) is 24.2 Å². The summed E-state index contributed by atoms with van der Waals surface area (Å²) in [6, 6.07) is 6.24. The third kappa shape index (κ3) is 6.48. The van der Waals surface area contributed by atoms with Crippen LogP contribution in [-0.2, 0) is 0 Å². The molecule has 0 bridgehead atoms. The molecule has 2 aliphatic heterocycles. The van der Waals surface area contributed by atoms with Gasteiger partial charge in [0.1, 0.15) is 0 Å². The molecule has 2 fully saturated rings. The summed E-state index contributed by atoms with van der Waals surface area (Å²) in [6.45, 7) is 15.4. The third-order valence-corrected chi connectivity index (χ3v) is 14.0. The first-order valence-electron chi connectivity index (χ1n) is 10.7. The molecule has 0 aromatic heterocycles. The lowest BCUT2D eigenvalue weighted by molar-refractivity contribution is 0.253. The van der Waals surface area contributed by atoms with Crippen LogP contribution in [0.1, 0.15) is 65.2 Å². The zero-order valence-corrected chi connectivity index (χ0v) is 19.6. The van der Waals surface area contributed by atoms with Crippen molar-refractivity contribution in [1.29, 1.82) is 0 Å². The second kappa shape index (κ2) is 7.82. The lowest BCUT2D eigenvalue weighted by atomic mass is 9.79. The van der Waals surface area contributed by atoms with Crippen LogP contribution in [0.15, 0.2) is 12.2 Å². The van der Waals surface area contributed by atoms with Gasteiger partial charge in [-0.15, -0.1) is 0 Å². The maximum absolute atomic E-state index is 2.59. The van der Waals surface area contributed by atoms with Crippen LogP contribution in [-0.4, -0.2) is 16.1 Å². The highest BCUT2D eigenvalue weighted by atomic mass is 28.3. The van der Waals surface area contributed by atoms with Crippen molar-refractivity contribution in [2.75, 3.05) is 0 Å². The minimum Gasteiger partial charge on any atom is -0.0885 e. The Balaban J connectivity index is 1.63. The summed E-state index contributed by atoms with van der Waals surface area (Å²) in [5, 5.41) is 0. The van der Waals surface area contributed by atoms with E-state index in [9.17, 15) is 0 Å². The molecule has 0 saturated carbocycles. The molecule has 24 heavy (non-hydrogen) atoms. The second-order valence-electron chi connectivity index (χ2n) is 11.5. The van der Waals surface area contributed by atoms with Crippen LogP contribution < -0.4 is 0 Å². The van der Waals surface area contributed by atoms with Gasteiger partial charge in [0.05, 0.1) is 0 Å². The highest BCUT2D eigenvalue weighted by Crippen LogP contribution is 2.45. The largest absolute Gasteiger partial charge is 0.0885 e. The standard InChI is InChI=1S/C22H44Si2/c1-21(13-17-23(3,4)18-14-21)11-9-7-8-10-12-22(2)15-19-24(5,6)20-16-22/h7,9H,8,10-20H2,1-6H3/b9-7-. The number of hydrogen-bond acceptors (Lipinski definition) is 0. The Morgan fingerprint density at radius 2 is 1.17 bits per heavy atom. The summed E-state index contributed by atoms with van der Waals surface area (Å²) >= 11 is 0. The number of allylic oxidation sites excluding steroid dienone is 2. The monoisotopic (exact) mass is 364 g/mol. The molecule has 2 rings (SSSR count). The summed E-state index contributed by atoms with van der Waals surface area (Å²) < 4.78 is 0. The molecule has 0 amide bonds. The molecule has 0 aromatic carbocycles. The molecule has 0 aliphatic carbocycles. The number of unbranched alkanes of at least 4 members (excludes halogenated alkanes) is 1. The Kier molecular flexibility index (Phi) is 6.67. The normalized spacial score (nSPS) is 28.1. The fraction of sp³-hybridized carbons (Fsp3) is 0.909. The molecule has 0 atom stereocenters. The van der Waals surface area contributed by atoms with E-state index in [4.69, 9.17) is 0 Å². The van der Waals surface area contributed by atoms with E-state index in [0.29, 0.717) is 10.8 Å². The van der Waals surface area contributed by atoms with Crippen molar-refractivity contribution >= 4 is 16.1 Å². The van der Waals surface area contributed by atoms with Gasteiger partial charge in [-0.2, -0.15) is 0 Å². The molecule has 0 nitrogen and oxygen atoms in total. The van der Waals surface area contributed by atoms with Crippen molar-refractivity contribution in [3.8, 4) is 0 Å².